The Morgan fingerprint density at radius 2 is 2.11 bits per heavy atom. The first-order chi connectivity index (χ1) is 8.63. The van der Waals surface area contributed by atoms with Gasteiger partial charge in [0, 0.05) is 18.3 Å². The molecule has 3 rings (SSSR count). The van der Waals surface area contributed by atoms with Gasteiger partial charge in [-0.25, -0.2) is 9.78 Å². The van der Waals surface area contributed by atoms with Crippen LogP contribution in [-0.2, 0) is 0 Å². The molecule has 96 valence electrons. The molecule has 1 N–H and O–H groups in total. The molecule has 2 aliphatic rings. The summed E-state index contributed by atoms with van der Waals surface area (Å²) in [5.74, 6) is 0.770. The summed E-state index contributed by atoms with van der Waals surface area (Å²) in [4.78, 5) is 17.9. The van der Waals surface area contributed by atoms with Crippen LogP contribution in [0.15, 0.2) is 12.1 Å². The van der Waals surface area contributed by atoms with Gasteiger partial charge >= 0.3 is 5.97 Å². The number of hydrogen-bond acceptors (Lipinski definition) is 3. The molecule has 18 heavy (non-hydrogen) atoms. The molecule has 1 aromatic rings. The van der Waals surface area contributed by atoms with E-state index >= 15 is 0 Å². The van der Waals surface area contributed by atoms with Crippen LogP contribution in [0, 0.1) is 12.8 Å². The molecule has 1 heterocycles. The Kier molecular flexibility index (Phi) is 2.73. The minimum atomic E-state index is -0.871. The van der Waals surface area contributed by atoms with Crippen LogP contribution in [0.5, 0.6) is 0 Å². The van der Waals surface area contributed by atoms with Gasteiger partial charge in [0.15, 0.2) is 0 Å². The van der Waals surface area contributed by atoms with E-state index in [1.165, 1.54) is 25.7 Å². The molecular weight excluding hydrogens is 228 g/mol. The lowest BCUT2D eigenvalue weighted by Crippen LogP contribution is -2.29. The Bertz CT molecular complexity index is 479. The summed E-state index contributed by atoms with van der Waals surface area (Å²) < 4.78 is 0. The van der Waals surface area contributed by atoms with Crippen molar-refractivity contribution in [2.75, 3.05) is 11.4 Å². The van der Waals surface area contributed by atoms with E-state index in [0.717, 1.165) is 24.0 Å². The number of hydrogen-bond donors (Lipinski definition) is 1. The molecule has 0 atom stereocenters. The van der Waals surface area contributed by atoms with Gasteiger partial charge in [-0.05, 0) is 50.7 Å². The van der Waals surface area contributed by atoms with Crippen molar-refractivity contribution < 1.29 is 9.90 Å². The fraction of sp³-hybridized carbons (Fsp3) is 0.571. The van der Waals surface area contributed by atoms with Crippen LogP contribution in [0.1, 0.15) is 41.7 Å². The SMILES string of the molecule is Cc1cc(C(=O)O)cc(N(CC2CC2)C2CC2)n1. The van der Waals surface area contributed by atoms with Crippen LogP contribution in [-0.4, -0.2) is 28.6 Å². The largest absolute Gasteiger partial charge is 0.478 e. The molecule has 0 unspecified atom stereocenters. The van der Waals surface area contributed by atoms with E-state index in [0.29, 0.717) is 11.6 Å². The van der Waals surface area contributed by atoms with Crippen molar-refractivity contribution in [2.45, 2.75) is 38.6 Å². The topological polar surface area (TPSA) is 53.4 Å². The zero-order chi connectivity index (χ0) is 12.7. The number of pyridine rings is 1. The van der Waals surface area contributed by atoms with Crippen molar-refractivity contribution in [3.8, 4) is 0 Å². The highest BCUT2D eigenvalue weighted by Crippen LogP contribution is 2.37. The van der Waals surface area contributed by atoms with Crippen LogP contribution in [0.2, 0.25) is 0 Å². The first-order valence-corrected chi connectivity index (χ1v) is 6.62. The van der Waals surface area contributed by atoms with E-state index in [1.807, 2.05) is 6.92 Å². The number of aromatic nitrogens is 1. The maximum absolute atomic E-state index is 11.1. The molecule has 2 saturated carbocycles. The minimum Gasteiger partial charge on any atom is -0.478 e. The molecule has 0 aromatic carbocycles. The fourth-order valence-electron chi connectivity index (χ4n) is 2.32. The van der Waals surface area contributed by atoms with Crippen LogP contribution < -0.4 is 4.90 Å². The van der Waals surface area contributed by atoms with Crippen molar-refractivity contribution in [3.05, 3.63) is 23.4 Å². The van der Waals surface area contributed by atoms with Crippen molar-refractivity contribution in [1.29, 1.82) is 0 Å². The summed E-state index contributed by atoms with van der Waals surface area (Å²) >= 11 is 0. The lowest BCUT2D eigenvalue weighted by atomic mass is 10.2. The van der Waals surface area contributed by atoms with Crippen LogP contribution in [0.25, 0.3) is 0 Å². The molecule has 4 heteroatoms. The number of rotatable bonds is 5. The van der Waals surface area contributed by atoms with Gasteiger partial charge in [-0.1, -0.05) is 0 Å². The van der Waals surface area contributed by atoms with Gasteiger partial charge in [0.05, 0.1) is 5.56 Å². The standard InChI is InChI=1S/C14H18N2O2/c1-9-6-11(14(17)18)7-13(15-9)16(12-4-5-12)8-10-2-3-10/h6-7,10,12H,2-5,8H2,1H3,(H,17,18). The van der Waals surface area contributed by atoms with Gasteiger partial charge in [-0.15, -0.1) is 0 Å². The summed E-state index contributed by atoms with van der Waals surface area (Å²) in [5, 5.41) is 9.12. The quantitative estimate of drug-likeness (QED) is 0.867. The maximum atomic E-state index is 11.1. The molecule has 0 amide bonds. The van der Waals surface area contributed by atoms with Gasteiger partial charge < -0.3 is 10.0 Å². The van der Waals surface area contributed by atoms with Crippen molar-refractivity contribution >= 4 is 11.8 Å². The molecule has 1 aromatic heterocycles. The Morgan fingerprint density at radius 1 is 1.39 bits per heavy atom. The summed E-state index contributed by atoms with van der Waals surface area (Å²) in [5.41, 5.74) is 1.13. The highest BCUT2D eigenvalue weighted by Gasteiger charge is 2.34. The van der Waals surface area contributed by atoms with Gasteiger partial charge in [-0.3, -0.25) is 0 Å². The number of nitrogens with zero attached hydrogens (tertiary/aromatic N) is 2. The molecule has 0 saturated heterocycles. The smallest absolute Gasteiger partial charge is 0.335 e. The Balaban J connectivity index is 1.89. The molecule has 2 aliphatic carbocycles. The second-order valence-corrected chi connectivity index (χ2v) is 5.49. The van der Waals surface area contributed by atoms with Gasteiger partial charge in [0.25, 0.3) is 0 Å². The molecule has 0 bridgehead atoms. The predicted molar refractivity (Wildman–Crippen MR) is 69.0 cm³/mol. The van der Waals surface area contributed by atoms with Crippen LogP contribution in [0.4, 0.5) is 5.82 Å². The molecule has 0 spiro atoms. The number of carbonyl (C=O) groups is 1. The van der Waals surface area contributed by atoms with E-state index in [2.05, 4.69) is 9.88 Å². The molecule has 0 aliphatic heterocycles. The lowest BCUT2D eigenvalue weighted by molar-refractivity contribution is 0.0696. The minimum absolute atomic E-state index is 0.346. The highest BCUT2D eigenvalue weighted by molar-refractivity contribution is 5.88. The van der Waals surface area contributed by atoms with E-state index < -0.39 is 5.97 Å². The molecule has 2 fully saturated rings. The third-order valence-electron chi connectivity index (χ3n) is 3.62. The van der Waals surface area contributed by atoms with Crippen LogP contribution in [0.3, 0.4) is 0 Å². The average molecular weight is 246 g/mol. The van der Waals surface area contributed by atoms with Crippen molar-refractivity contribution in [1.82, 2.24) is 4.98 Å². The number of carboxylic acid groups (broad SMARTS) is 1. The Morgan fingerprint density at radius 3 is 2.67 bits per heavy atom. The number of aromatic carboxylic acids is 1. The zero-order valence-corrected chi connectivity index (χ0v) is 10.6. The third-order valence-corrected chi connectivity index (χ3v) is 3.62. The number of anilines is 1. The first kappa shape index (κ1) is 11.5. The molecule has 0 radical (unpaired) electrons. The zero-order valence-electron chi connectivity index (χ0n) is 10.6. The van der Waals surface area contributed by atoms with Gasteiger partial charge in [0.1, 0.15) is 5.82 Å². The average Bonchev–Trinajstić information content (AvgIpc) is 3.17. The van der Waals surface area contributed by atoms with E-state index in [1.54, 1.807) is 12.1 Å². The fourth-order valence-corrected chi connectivity index (χ4v) is 2.32. The normalized spacial score (nSPS) is 18.7. The lowest BCUT2D eigenvalue weighted by Gasteiger charge is -2.24. The Hall–Kier alpha value is -1.58. The van der Waals surface area contributed by atoms with Crippen molar-refractivity contribution in [2.24, 2.45) is 5.92 Å². The molecule has 4 nitrogen and oxygen atoms in total. The van der Waals surface area contributed by atoms with Gasteiger partial charge in [-0.2, -0.15) is 0 Å². The maximum Gasteiger partial charge on any atom is 0.335 e. The predicted octanol–water partition coefficient (Wildman–Crippen LogP) is 2.47. The van der Waals surface area contributed by atoms with E-state index in [-0.39, 0.29) is 0 Å². The first-order valence-electron chi connectivity index (χ1n) is 6.62. The summed E-state index contributed by atoms with van der Waals surface area (Å²) in [6.07, 6.45) is 5.04. The van der Waals surface area contributed by atoms with Gasteiger partial charge in [0.2, 0.25) is 0 Å². The molecular formula is C14H18N2O2. The Labute approximate surface area is 107 Å². The van der Waals surface area contributed by atoms with Crippen molar-refractivity contribution in [3.63, 3.8) is 0 Å². The van der Waals surface area contributed by atoms with Crippen LogP contribution >= 0.6 is 0 Å². The highest BCUT2D eigenvalue weighted by atomic mass is 16.4. The number of carboxylic acids is 1. The third kappa shape index (κ3) is 2.47. The number of aryl methyl sites for hydroxylation is 1. The second kappa shape index (κ2) is 4.26. The van der Waals surface area contributed by atoms with E-state index in [4.69, 9.17) is 5.11 Å². The summed E-state index contributed by atoms with van der Waals surface area (Å²) in [7, 11) is 0. The summed E-state index contributed by atoms with van der Waals surface area (Å²) in [6.45, 7) is 2.90. The monoisotopic (exact) mass is 246 g/mol. The summed E-state index contributed by atoms with van der Waals surface area (Å²) in [6, 6.07) is 3.94. The van der Waals surface area contributed by atoms with E-state index in [9.17, 15) is 4.79 Å². The second-order valence-electron chi connectivity index (χ2n) is 5.49.